The Bertz CT molecular complexity index is 649. The number of methoxy groups -OCH3 is 1. The number of hydrogen-bond acceptors (Lipinski definition) is 8. The van der Waals surface area contributed by atoms with Crippen LogP contribution in [-0.4, -0.2) is 38.1 Å². The van der Waals surface area contributed by atoms with Crippen LogP contribution in [0.3, 0.4) is 0 Å². The van der Waals surface area contributed by atoms with Crippen LogP contribution in [0.4, 0.5) is 0 Å². The maximum absolute atomic E-state index is 12.4. The van der Waals surface area contributed by atoms with Crippen LogP contribution in [0, 0.1) is 11.8 Å². The van der Waals surface area contributed by atoms with E-state index in [-0.39, 0.29) is 18.3 Å². The average Bonchev–Trinajstić information content (AvgIpc) is 2.79. The van der Waals surface area contributed by atoms with E-state index in [0.29, 0.717) is 30.5 Å². The first-order chi connectivity index (χ1) is 15.3. The summed E-state index contributed by atoms with van der Waals surface area (Å²) in [4.78, 5) is 16.5. The largest absolute Gasteiger partial charge is 0.467 e. The molecule has 9 nitrogen and oxygen atoms in total. The van der Waals surface area contributed by atoms with E-state index in [4.69, 9.17) is 14.2 Å². The van der Waals surface area contributed by atoms with Crippen LogP contribution in [0.5, 0.6) is 0 Å². The number of ether oxygens (including phenoxy) is 3. The summed E-state index contributed by atoms with van der Waals surface area (Å²) in [6, 6.07) is 0. The minimum absolute atomic E-state index is 0.0172. The lowest BCUT2D eigenvalue weighted by Gasteiger charge is -2.42. The third-order valence-corrected chi connectivity index (χ3v) is 5.15. The Kier molecular flexibility index (Phi) is 15.0. The van der Waals surface area contributed by atoms with Gasteiger partial charge in [-0.25, -0.2) is 9.79 Å². The molecule has 0 unspecified atom stereocenters. The van der Waals surface area contributed by atoms with E-state index >= 15 is 0 Å². The molecule has 1 heterocycles. The van der Waals surface area contributed by atoms with Gasteiger partial charge in [-0.05, 0) is 31.6 Å². The first-order valence-electron chi connectivity index (χ1n) is 11.6. The molecule has 184 valence electrons. The highest BCUT2D eigenvalue weighted by molar-refractivity contribution is 5.89. The number of azo groups is 1. The Balaban J connectivity index is 0.00000144. The van der Waals surface area contributed by atoms with Crippen LogP contribution in [0.1, 0.15) is 87.0 Å². The molecule has 32 heavy (non-hydrogen) atoms. The second kappa shape index (κ2) is 16.2. The van der Waals surface area contributed by atoms with Gasteiger partial charge in [0.15, 0.2) is 6.67 Å². The third kappa shape index (κ3) is 9.78. The van der Waals surface area contributed by atoms with Crippen molar-refractivity contribution in [1.29, 1.82) is 0 Å². The molecular weight excluding hydrogens is 410 g/mol. The van der Waals surface area contributed by atoms with Crippen molar-refractivity contribution in [2.45, 2.75) is 92.8 Å². The number of esters is 1. The topological polar surface area (TPSA) is 106 Å². The van der Waals surface area contributed by atoms with Gasteiger partial charge < -0.3 is 14.2 Å². The van der Waals surface area contributed by atoms with E-state index < -0.39 is 11.8 Å². The lowest BCUT2D eigenvalue weighted by molar-refractivity contribution is -0.256. The molecule has 0 aromatic carbocycles. The van der Waals surface area contributed by atoms with Gasteiger partial charge in [0.2, 0.25) is 0 Å². The van der Waals surface area contributed by atoms with E-state index in [1.165, 1.54) is 20.0 Å². The quantitative estimate of drug-likeness (QED) is 0.173. The molecule has 1 aliphatic heterocycles. The Hall–Kier alpha value is -2.45. The molecule has 0 aromatic rings. The molecule has 1 saturated carbocycles. The van der Waals surface area contributed by atoms with Crippen molar-refractivity contribution in [3.8, 4) is 0 Å². The van der Waals surface area contributed by atoms with Crippen molar-refractivity contribution >= 4 is 18.5 Å². The summed E-state index contributed by atoms with van der Waals surface area (Å²) in [6.07, 6.45) is 5.80. The second-order valence-corrected chi connectivity index (χ2v) is 7.72. The first kappa shape index (κ1) is 29.5. The van der Waals surface area contributed by atoms with E-state index in [1.807, 2.05) is 13.8 Å². The van der Waals surface area contributed by atoms with Gasteiger partial charge in [-0.15, -0.1) is 5.11 Å². The number of carbonyl (C=O) groups is 1. The van der Waals surface area contributed by atoms with Gasteiger partial charge in [0, 0.05) is 19.6 Å². The lowest BCUT2D eigenvalue weighted by atomic mass is 9.79. The summed E-state index contributed by atoms with van der Waals surface area (Å²) >= 11 is 0. The Morgan fingerprint density at radius 1 is 1.22 bits per heavy atom. The van der Waals surface area contributed by atoms with Gasteiger partial charge in [0.25, 0.3) is 11.5 Å². The number of carbonyl (C=O) groups excluding carboxylic acids is 1. The fraction of sp³-hybridized carbons (Fsp3) is 0.783. The standard InChI is InChI=1S/C17H27N5O4.C4H10.C2H6/c1-11(2)13-6-8-17(9-7-13)25-15(23)14(16(24-5)26-17)22-20-10-19-12(3)21-18-4;1-3-4-2;1-2/h11,13H,4,6-10H2,1-3,5H3,(H,19,21);3-4H2,1-2H3;1-2H3. The fourth-order valence-corrected chi connectivity index (χ4v) is 3.10. The number of rotatable bonds is 7. The van der Waals surface area contributed by atoms with Crippen LogP contribution in [0.15, 0.2) is 32.0 Å². The summed E-state index contributed by atoms with van der Waals surface area (Å²) in [7, 11) is 1.43. The molecule has 9 heteroatoms. The molecular formula is C23H43N5O4. The third-order valence-electron chi connectivity index (χ3n) is 5.15. The highest BCUT2D eigenvalue weighted by Gasteiger charge is 2.47. The predicted octanol–water partition coefficient (Wildman–Crippen LogP) is 5.78. The minimum atomic E-state index is -0.957. The molecule has 1 aliphatic carbocycles. The van der Waals surface area contributed by atoms with Crippen molar-refractivity contribution in [2.75, 3.05) is 13.8 Å². The van der Waals surface area contributed by atoms with Gasteiger partial charge in [-0.1, -0.05) is 54.4 Å². The second-order valence-electron chi connectivity index (χ2n) is 7.72. The van der Waals surface area contributed by atoms with Crippen molar-refractivity contribution in [1.82, 2.24) is 5.43 Å². The van der Waals surface area contributed by atoms with E-state index in [9.17, 15) is 4.79 Å². The van der Waals surface area contributed by atoms with Crippen molar-refractivity contribution in [3.63, 3.8) is 0 Å². The summed E-state index contributed by atoms with van der Waals surface area (Å²) < 4.78 is 16.7. The van der Waals surface area contributed by atoms with Gasteiger partial charge in [0.1, 0.15) is 5.84 Å². The van der Waals surface area contributed by atoms with Crippen molar-refractivity contribution < 1.29 is 19.0 Å². The molecule has 1 spiro atoms. The van der Waals surface area contributed by atoms with Gasteiger partial charge in [0.05, 0.1) is 7.11 Å². The Morgan fingerprint density at radius 2 is 1.81 bits per heavy atom. The molecule has 0 atom stereocenters. The normalized spacial score (nSPS) is 23.0. The highest BCUT2D eigenvalue weighted by Crippen LogP contribution is 2.43. The maximum atomic E-state index is 12.4. The molecule has 0 bridgehead atoms. The van der Waals surface area contributed by atoms with Crippen LogP contribution < -0.4 is 5.43 Å². The summed E-state index contributed by atoms with van der Waals surface area (Å²) in [5, 5.41) is 11.2. The zero-order chi connectivity index (χ0) is 24.6. The summed E-state index contributed by atoms with van der Waals surface area (Å²) in [6.45, 7) is 17.8. The molecule has 1 fully saturated rings. The van der Waals surface area contributed by atoms with Crippen LogP contribution in [0.2, 0.25) is 0 Å². The van der Waals surface area contributed by atoms with E-state index in [2.05, 4.69) is 60.2 Å². The number of hydrazone groups is 1. The van der Waals surface area contributed by atoms with Crippen molar-refractivity contribution in [3.05, 3.63) is 11.6 Å². The lowest BCUT2D eigenvalue weighted by Crippen LogP contribution is -2.45. The Labute approximate surface area is 193 Å². The van der Waals surface area contributed by atoms with Gasteiger partial charge in [-0.2, -0.15) is 10.2 Å². The van der Waals surface area contributed by atoms with E-state index in [0.717, 1.165) is 12.8 Å². The summed E-state index contributed by atoms with van der Waals surface area (Å²) in [5.41, 5.74) is 2.48. The molecule has 0 aromatic heterocycles. The average molecular weight is 454 g/mol. The van der Waals surface area contributed by atoms with Gasteiger partial charge >= 0.3 is 11.9 Å². The molecule has 0 amide bonds. The van der Waals surface area contributed by atoms with Crippen LogP contribution in [0.25, 0.3) is 0 Å². The van der Waals surface area contributed by atoms with Gasteiger partial charge in [-0.3, -0.25) is 5.43 Å². The molecule has 0 saturated heterocycles. The monoisotopic (exact) mass is 453 g/mol. The van der Waals surface area contributed by atoms with E-state index in [1.54, 1.807) is 6.92 Å². The van der Waals surface area contributed by atoms with Crippen LogP contribution in [-0.2, 0) is 19.0 Å². The SMILES string of the molecule is C=NN/C(C)=N\CN=NC1=C(OC)OC2(CCC(C(C)C)CC2)OC1=O.CC.CCCC. The van der Waals surface area contributed by atoms with Crippen LogP contribution >= 0.6 is 0 Å². The highest BCUT2D eigenvalue weighted by atomic mass is 16.8. The minimum Gasteiger partial charge on any atom is -0.467 e. The predicted molar refractivity (Wildman–Crippen MR) is 128 cm³/mol. The van der Waals surface area contributed by atoms with Crippen molar-refractivity contribution in [2.24, 2.45) is 32.2 Å². The number of aliphatic imine (C=N–C) groups is 1. The molecule has 0 radical (unpaired) electrons. The number of unbranched alkanes of at least 4 members (excludes halogenated alkanes) is 1. The number of hydrogen-bond donors (Lipinski definition) is 1. The first-order valence-corrected chi connectivity index (χ1v) is 11.6. The Morgan fingerprint density at radius 3 is 2.28 bits per heavy atom. The summed E-state index contributed by atoms with van der Waals surface area (Å²) in [5.74, 6) is 0.234. The maximum Gasteiger partial charge on any atom is 0.369 e. The fourth-order valence-electron chi connectivity index (χ4n) is 3.10. The smallest absolute Gasteiger partial charge is 0.369 e. The molecule has 1 N–H and O–H groups in total. The molecule has 2 aliphatic rings. The zero-order valence-electron chi connectivity index (χ0n) is 21.2. The number of nitrogens with zero attached hydrogens (tertiary/aromatic N) is 4. The number of amidine groups is 1. The zero-order valence-corrected chi connectivity index (χ0v) is 21.2. The number of nitrogens with one attached hydrogen (secondary N) is 1. The molecule has 2 rings (SSSR count).